The number of amides is 1. The van der Waals surface area contributed by atoms with Gasteiger partial charge in [-0.3, -0.25) is 4.98 Å². The normalized spacial score (nSPS) is 19.3. The Bertz CT molecular complexity index is 1230. The van der Waals surface area contributed by atoms with Crippen LogP contribution in [0, 0.1) is 0 Å². The fraction of sp³-hybridized carbons (Fsp3) is 0.333. The lowest BCUT2D eigenvalue weighted by Gasteiger charge is -2.43. The van der Waals surface area contributed by atoms with E-state index in [4.69, 9.17) is 4.74 Å². The molecule has 184 valence electrons. The summed E-state index contributed by atoms with van der Waals surface area (Å²) in [7, 11) is -3.26. The van der Waals surface area contributed by atoms with Gasteiger partial charge in [0.05, 0.1) is 18.0 Å². The predicted octanol–water partition coefficient (Wildman–Crippen LogP) is 4.88. The summed E-state index contributed by atoms with van der Waals surface area (Å²) in [5, 5.41) is 0. The lowest BCUT2D eigenvalue weighted by atomic mass is 9.84. The average Bonchev–Trinajstić information content (AvgIpc) is 2.87. The Kier molecular flexibility index (Phi) is 7.52. The predicted molar refractivity (Wildman–Crippen MR) is 136 cm³/mol. The van der Waals surface area contributed by atoms with Gasteiger partial charge in [0.15, 0.2) is 0 Å². The molecule has 2 heterocycles. The standard InChI is InChI=1S/C27H31N3O4S/c1-21(22-12-14-23(15-13-22)25-11-6-7-18-28-25)30-20-17-27(34-26(30)31,24-9-4-3-5-10-24)16-8-19-29-35(2,32)33/h3-7,9-15,18,21,29H,8,16-17,19-20H2,1-2H3/t21-,27+/m0/s1. The zero-order chi connectivity index (χ0) is 24.9. The van der Waals surface area contributed by atoms with Gasteiger partial charge < -0.3 is 9.64 Å². The van der Waals surface area contributed by atoms with E-state index in [1.54, 1.807) is 11.1 Å². The molecule has 1 aliphatic rings. The molecule has 2 aromatic carbocycles. The van der Waals surface area contributed by atoms with Crippen LogP contribution >= 0.6 is 0 Å². The second-order valence-electron chi connectivity index (χ2n) is 8.95. The number of carbonyl (C=O) groups excluding carboxylic acids is 1. The number of nitrogens with one attached hydrogen (secondary N) is 1. The van der Waals surface area contributed by atoms with E-state index in [1.165, 1.54) is 0 Å². The molecule has 1 aromatic heterocycles. The van der Waals surface area contributed by atoms with Crippen molar-refractivity contribution in [2.75, 3.05) is 19.3 Å². The first-order valence-electron chi connectivity index (χ1n) is 11.8. The van der Waals surface area contributed by atoms with E-state index in [2.05, 4.69) is 9.71 Å². The highest BCUT2D eigenvalue weighted by molar-refractivity contribution is 7.88. The second-order valence-corrected chi connectivity index (χ2v) is 10.8. The molecule has 4 rings (SSSR count). The first kappa shape index (κ1) is 24.9. The van der Waals surface area contributed by atoms with Crippen LogP contribution in [0.4, 0.5) is 4.79 Å². The van der Waals surface area contributed by atoms with Crippen molar-refractivity contribution in [3.63, 3.8) is 0 Å². The molecule has 1 N–H and O–H groups in total. The monoisotopic (exact) mass is 493 g/mol. The smallest absolute Gasteiger partial charge is 0.411 e. The molecule has 0 aliphatic carbocycles. The minimum absolute atomic E-state index is 0.152. The quantitative estimate of drug-likeness (QED) is 0.429. The zero-order valence-electron chi connectivity index (χ0n) is 20.1. The molecule has 1 fully saturated rings. The molecule has 1 saturated heterocycles. The minimum atomic E-state index is -3.26. The van der Waals surface area contributed by atoms with Gasteiger partial charge in [0.25, 0.3) is 0 Å². The average molecular weight is 494 g/mol. The number of nitrogens with zero attached hydrogens (tertiary/aromatic N) is 2. The van der Waals surface area contributed by atoms with Crippen molar-refractivity contribution in [2.24, 2.45) is 0 Å². The molecule has 0 spiro atoms. The van der Waals surface area contributed by atoms with E-state index in [9.17, 15) is 13.2 Å². The number of carbonyl (C=O) groups is 1. The van der Waals surface area contributed by atoms with E-state index in [-0.39, 0.29) is 12.1 Å². The third-order valence-corrected chi connectivity index (χ3v) is 7.25. The van der Waals surface area contributed by atoms with E-state index in [0.29, 0.717) is 32.4 Å². The lowest BCUT2D eigenvalue weighted by Crippen LogP contribution is -2.49. The van der Waals surface area contributed by atoms with Crippen LogP contribution in [0.2, 0.25) is 0 Å². The van der Waals surface area contributed by atoms with Crippen molar-refractivity contribution >= 4 is 16.1 Å². The summed E-state index contributed by atoms with van der Waals surface area (Å²) in [6.45, 7) is 2.84. The van der Waals surface area contributed by atoms with Crippen LogP contribution in [0.15, 0.2) is 79.0 Å². The Morgan fingerprint density at radius 2 is 1.77 bits per heavy atom. The molecule has 35 heavy (non-hydrogen) atoms. The highest BCUT2D eigenvalue weighted by Crippen LogP contribution is 2.40. The van der Waals surface area contributed by atoms with E-state index < -0.39 is 15.6 Å². The van der Waals surface area contributed by atoms with E-state index in [0.717, 1.165) is 28.6 Å². The Balaban J connectivity index is 1.47. The maximum Gasteiger partial charge on any atom is 0.411 e. The van der Waals surface area contributed by atoms with Crippen molar-refractivity contribution in [1.82, 2.24) is 14.6 Å². The molecule has 1 amide bonds. The van der Waals surface area contributed by atoms with Crippen LogP contribution in [0.1, 0.15) is 43.4 Å². The van der Waals surface area contributed by atoms with E-state index in [1.807, 2.05) is 79.7 Å². The topological polar surface area (TPSA) is 88.6 Å². The van der Waals surface area contributed by atoms with Gasteiger partial charge in [-0.1, -0.05) is 60.7 Å². The lowest BCUT2D eigenvalue weighted by molar-refractivity contribution is -0.0662. The molecule has 2 atom stereocenters. The number of cyclic esters (lactones) is 1. The largest absolute Gasteiger partial charge is 0.438 e. The molecule has 0 unspecified atom stereocenters. The fourth-order valence-electron chi connectivity index (χ4n) is 4.56. The maximum atomic E-state index is 13.3. The van der Waals surface area contributed by atoms with E-state index >= 15 is 0 Å². The van der Waals surface area contributed by atoms with Gasteiger partial charge in [-0.25, -0.2) is 17.9 Å². The second kappa shape index (κ2) is 10.6. The Morgan fingerprint density at radius 1 is 1.06 bits per heavy atom. The number of ether oxygens (including phenoxy) is 1. The summed E-state index contributed by atoms with van der Waals surface area (Å²) >= 11 is 0. The third-order valence-electron chi connectivity index (χ3n) is 6.52. The molecular formula is C27H31N3O4S. The third kappa shape index (κ3) is 6.07. The summed E-state index contributed by atoms with van der Waals surface area (Å²) in [4.78, 5) is 19.4. The van der Waals surface area contributed by atoms with Crippen molar-refractivity contribution in [2.45, 2.75) is 37.8 Å². The summed E-state index contributed by atoms with van der Waals surface area (Å²) in [5.74, 6) is 0. The molecular weight excluding hydrogens is 462 g/mol. The highest BCUT2D eigenvalue weighted by atomic mass is 32.2. The fourth-order valence-corrected chi connectivity index (χ4v) is 5.08. The van der Waals surface area contributed by atoms with Gasteiger partial charge >= 0.3 is 6.09 Å². The van der Waals surface area contributed by atoms with Crippen LogP contribution in [0.5, 0.6) is 0 Å². The number of hydrogen-bond donors (Lipinski definition) is 1. The molecule has 3 aromatic rings. The zero-order valence-corrected chi connectivity index (χ0v) is 20.9. The highest BCUT2D eigenvalue weighted by Gasteiger charge is 2.43. The Hall–Kier alpha value is -3.23. The van der Waals surface area contributed by atoms with Gasteiger partial charge in [-0.2, -0.15) is 0 Å². The molecule has 1 aliphatic heterocycles. The van der Waals surface area contributed by atoms with Gasteiger partial charge in [-0.15, -0.1) is 0 Å². The van der Waals surface area contributed by atoms with Crippen LogP contribution in [0.25, 0.3) is 11.3 Å². The van der Waals surface area contributed by atoms with Crippen LogP contribution in [-0.2, 0) is 20.4 Å². The van der Waals surface area contributed by atoms with Gasteiger partial charge in [0, 0.05) is 31.3 Å². The van der Waals surface area contributed by atoms with Crippen LogP contribution in [-0.4, -0.2) is 43.7 Å². The van der Waals surface area contributed by atoms with Crippen molar-refractivity contribution in [3.8, 4) is 11.3 Å². The molecule has 8 heteroatoms. The van der Waals surface area contributed by atoms with Crippen molar-refractivity contribution < 1.29 is 17.9 Å². The molecule has 7 nitrogen and oxygen atoms in total. The van der Waals surface area contributed by atoms with Crippen molar-refractivity contribution in [1.29, 1.82) is 0 Å². The van der Waals surface area contributed by atoms with Gasteiger partial charge in [0.2, 0.25) is 10.0 Å². The number of benzene rings is 2. The molecule has 0 bridgehead atoms. The number of sulfonamides is 1. The maximum absolute atomic E-state index is 13.3. The minimum Gasteiger partial charge on any atom is -0.438 e. The summed E-state index contributed by atoms with van der Waals surface area (Å²) in [6, 6.07) is 23.5. The number of rotatable bonds is 9. The molecule has 0 saturated carbocycles. The summed E-state index contributed by atoms with van der Waals surface area (Å²) < 4.78 is 31.5. The SMILES string of the molecule is C[C@@H](c1ccc(-c2ccccn2)cc1)N1CC[C@](CCCNS(C)(=O)=O)(c2ccccc2)OC1=O. The first-order valence-corrected chi connectivity index (χ1v) is 13.7. The van der Waals surface area contributed by atoms with Crippen LogP contribution < -0.4 is 4.72 Å². The number of pyridine rings is 1. The Morgan fingerprint density at radius 3 is 2.40 bits per heavy atom. The number of hydrogen-bond acceptors (Lipinski definition) is 5. The number of aromatic nitrogens is 1. The first-order chi connectivity index (χ1) is 16.8. The molecule has 0 radical (unpaired) electrons. The van der Waals surface area contributed by atoms with Crippen LogP contribution in [0.3, 0.4) is 0 Å². The summed E-state index contributed by atoms with van der Waals surface area (Å²) in [6.07, 6.45) is 4.26. The van der Waals surface area contributed by atoms with Gasteiger partial charge in [0.1, 0.15) is 5.60 Å². The van der Waals surface area contributed by atoms with Crippen molar-refractivity contribution in [3.05, 3.63) is 90.1 Å². The van der Waals surface area contributed by atoms with Gasteiger partial charge in [-0.05, 0) is 43.0 Å². The Labute approximate surface area is 207 Å². The summed E-state index contributed by atoms with van der Waals surface area (Å²) in [5.41, 5.74) is 3.10.